The van der Waals surface area contributed by atoms with E-state index in [1.807, 2.05) is 18.2 Å². The van der Waals surface area contributed by atoms with Crippen LogP contribution in [-0.2, 0) is 15.0 Å². The molecule has 4 atom stereocenters. The predicted octanol–water partition coefficient (Wildman–Crippen LogP) is 4.44. The van der Waals surface area contributed by atoms with Gasteiger partial charge in [0, 0.05) is 27.7 Å². The van der Waals surface area contributed by atoms with Crippen molar-refractivity contribution in [3.05, 3.63) is 63.6 Å². The highest BCUT2D eigenvalue weighted by molar-refractivity contribution is 6.31. The van der Waals surface area contributed by atoms with Crippen molar-refractivity contribution in [1.82, 2.24) is 5.32 Å². The van der Waals surface area contributed by atoms with Gasteiger partial charge in [-0.2, -0.15) is 0 Å². The average molecular weight is 433 g/mol. The first kappa shape index (κ1) is 20.2. The van der Waals surface area contributed by atoms with Crippen LogP contribution in [0.3, 0.4) is 0 Å². The zero-order valence-electron chi connectivity index (χ0n) is 16.1. The molecule has 2 aliphatic heterocycles. The van der Waals surface area contributed by atoms with E-state index in [9.17, 15) is 14.7 Å². The summed E-state index contributed by atoms with van der Waals surface area (Å²) in [5.74, 6) is -1.50. The number of fused-ring (bicyclic) bond motifs is 2. The fourth-order valence-electron chi connectivity index (χ4n) is 4.97. The maximum atomic E-state index is 13.6. The molecule has 2 aromatic carbocycles. The monoisotopic (exact) mass is 432 g/mol. The lowest BCUT2D eigenvalue weighted by Crippen LogP contribution is -2.48. The summed E-state index contributed by atoms with van der Waals surface area (Å²) < 4.78 is 0. The number of carbonyl (C=O) groups is 2. The van der Waals surface area contributed by atoms with Gasteiger partial charge in [-0.25, -0.2) is 0 Å². The molecule has 0 aliphatic carbocycles. The summed E-state index contributed by atoms with van der Waals surface area (Å²) in [7, 11) is 0. The van der Waals surface area contributed by atoms with E-state index in [0.29, 0.717) is 22.2 Å². The van der Waals surface area contributed by atoms with E-state index in [1.54, 1.807) is 24.3 Å². The quantitative estimate of drug-likeness (QED) is 0.667. The molecule has 1 amide bonds. The Balaban J connectivity index is 1.98. The summed E-state index contributed by atoms with van der Waals surface area (Å²) in [5, 5.41) is 17.3. The van der Waals surface area contributed by atoms with E-state index < -0.39 is 23.3 Å². The van der Waals surface area contributed by atoms with Crippen molar-refractivity contribution in [2.75, 3.05) is 5.32 Å². The molecule has 2 heterocycles. The van der Waals surface area contributed by atoms with E-state index in [2.05, 4.69) is 24.5 Å². The van der Waals surface area contributed by atoms with Crippen LogP contribution in [0.2, 0.25) is 10.0 Å². The molecule has 4 rings (SSSR count). The highest BCUT2D eigenvalue weighted by atomic mass is 35.5. The van der Waals surface area contributed by atoms with Gasteiger partial charge in [-0.1, -0.05) is 55.2 Å². The van der Waals surface area contributed by atoms with Crippen molar-refractivity contribution in [2.24, 2.45) is 5.92 Å². The second kappa shape index (κ2) is 7.31. The lowest BCUT2D eigenvalue weighted by Gasteiger charge is -2.35. The molecule has 1 spiro atoms. The fraction of sp³-hybridized carbons (Fsp3) is 0.364. The first-order valence-corrected chi connectivity index (χ1v) is 10.4. The van der Waals surface area contributed by atoms with Crippen molar-refractivity contribution in [2.45, 2.75) is 43.7 Å². The van der Waals surface area contributed by atoms with Crippen LogP contribution in [0.4, 0.5) is 5.69 Å². The highest BCUT2D eigenvalue weighted by Crippen LogP contribution is 2.55. The average Bonchev–Trinajstić information content (AvgIpc) is 3.12. The van der Waals surface area contributed by atoms with Crippen molar-refractivity contribution >= 4 is 40.8 Å². The second-order valence-corrected chi connectivity index (χ2v) is 9.08. The van der Waals surface area contributed by atoms with E-state index in [0.717, 1.165) is 11.1 Å². The van der Waals surface area contributed by atoms with Gasteiger partial charge >= 0.3 is 5.97 Å². The molecule has 1 fully saturated rings. The van der Waals surface area contributed by atoms with E-state index in [1.165, 1.54) is 0 Å². The van der Waals surface area contributed by atoms with Crippen molar-refractivity contribution in [3.63, 3.8) is 0 Å². The van der Waals surface area contributed by atoms with Gasteiger partial charge in [-0.15, -0.1) is 0 Å². The number of anilines is 1. The molecule has 3 N–H and O–H groups in total. The minimum Gasteiger partial charge on any atom is -0.480 e. The summed E-state index contributed by atoms with van der Waals surface area (Å²) in [5.41, 5.74) is 1.14. The smallest absolute Gasteiger partial charge is 0.321 e. The van der Waals surface area contributed by atoms with Gasteiger partial charge in [-0.3, -0.25) is 14.9 Å². The molecule has 0 bridgehead atoms. The van der Waals surface area contributed by atoms with Crippen LogP contribution < -0.4 is 10.6 Å². The molecular weight excluding hydrogens is 411 g/mol. The number of carbonyl (C=O) groups excluding carboxylic acids is 1. The lowest BCUT2D eigenvalue weighted by atomic mass is 9.63. The molecule has 0 aromatic heterocycles. The first-order valence-electron chi connectivity index (χ1n) is 9.61. The number of halogens is 2. The first-order chi connectivity index (χ1) is 13.7. The number of carboxylic acids is 1. The SMILES string of the molecule is CC(C)C[C@@H]1N[C@H](C(=O)O)[C@@H](c2ccc(Cl)cc2)[C@]12C(=O)Nc1cc(Cl)ccc12. The lowest BCUT2D eigenvalue weighted by molar-refractivity contribution is -0.139. The highest BCUT2D eigenvalue weighted by Gasteiger charge is 2.65. The Morgan fingerprint density at radius 1 is 1.14 bits per heavy atom. The maximum Gasteiger partial charge on any atom is 0.321 e. The molecule has 2 aliphatic rings. The van der Waals surface area contributed by atoms with Gasteiger partial charge in [0.1, 0.15) is 11.5 Å². The van der Waals surface area contributed by atoms with Gasteiger partial charge in [-0.05, 0) is 47.7 Å². The summed E-state index contributed by atoms with van der Waals surface area (Å²) in [6.45, 7) is 4.13. The van der Waals surface area contributed by atoms with Crippen LogP contribution in [0.25, 0.3) is 0 Å². The molecule has 0 radical (unpaired) electrons. The summed E-state index contributed by atoms with van der Waals surface area (Å²) in [4.78, 5) is 25.8. The van der Waals surface area contributed by atoms with Gasteiger partial charge < -0.3 is 10.4 Å². The number of aliphatic carboxylic acids is 1. The number of hydrogen-bond acceptors (Lipinski definition) is 3. The number of carboxylic acid groups (broad SMARTS) is 1. The number of rotatable bonds is 4. The Labute approximate surface area is 179 Å². The van der Waals surface area contributed by atoms with Gasteiger partial charge in [0.2, 0.25) is 5.91 Å². The molecule has 0 saturated carbocycles. The predicted molar refractivity (Wildman–Crippen MR) is 114 cm³/mol. The van der Waals surface area contributed by atoms with Gasteiger partial charge in [0.15, 0.2) is 0 Å². The summed E-state index contributed by atoms with van der Waals surface area (Å²) >= 11 is 12.2. The summed E-state index contributed by atoms with van der Waals surface area (Å²) in [6.07, 6.45) is 0.656. The third-order valence-corrected chi connectivity index (χ3v) is 6.49. The van der Waals surface area contributed by atoms with Crippen molar-refractivity contribution in [1.29, 1.82) is 0 Å². The van der Waals surface area contributed by atoms with Gasteiger partial charge in [0.25, 0.3) is 0 Å². The van der Waals surface area contributed by atoms with E-state index >= 15 is 0 Å². The number of benzene rings is 2. The topological polar surface area (TPSA) is 78.4 Å². The Morgan fingerprint density at radius 2 is 1.79 bits per heavy atom. The minimum atomic E-state index is -1.05. The zero-order valence-corrected chi connectivity index (χ0v) is 17.6. The second-order valence-electron chi connectivity index (χ2n) is 8.21. The molecule has 1 saturated heterocycles. The Hall–Kier alpha value is -2.08. The number of nitrogens with one attached hydrogen (secondary N) is 2. The third kappa shape index (κ3) is 3.12. The molecule has 2 aromatic rings. The zero-order chi connectivity index (χ0) is 20.9. The third-order valence-electron chi connectivity index (χ3n) is 6.01. The Kier molecular flexibility index (Phi) is 5.09. The van der Waals surface area contributed by atoms with E-state index in [-0.39, 0.29) is 17.9 Å². The van der Waals surface area contributed by atoms with Crippen molar-refractivity contribution in [3.8, 4) is 0 Å². The maximum absolute atomic E-state index is 13.6. The molecule has 7 heteroatoms. The van der Waals surface area contributed by atoms with Crippen LogP contribution in [0.1, 0.15) is 37.3 Å². The standard InChI is InChI=1S/C22H22Cl2N2O3/c1-11(2)9-17-22(15-8-7-14(24)10-16(15)25-21(22)29)18(19(26-17)20(27)28)12-3-5-13(23)6-4-12/h3-8,10-11,17-19,26H,9H2,1-2H3,(H,25,29)(H,27,28)/t17-,18+,19-,22+/m0/s1. The normalized spacial score (nSPS) is 28.0. The Morgan fingerprint density at radius 3 is 2.41 bits per heavy atom. The van der Waals surface area contributed by atoms with Crippen LogP contribution in [-0.4, -0.2) is 29.1 Å². The Bertz CT molecular complexity index is 977. The van der Waals surface area contributed by atoms with Crippen LogP contribution >= 0.6 is 23.2 Å². The molecule has 0 unspecified atom stereocenters. The van der Waals surface area contributed by atoms with Crippen LogP contribution in [0.15, 0.2) is 42.5 Å². The molecular formula is C22H22Cl2N2O3. The number of amides is 1. The fourth-order valence-corrected chi connectivity index (χ4v) is 5.27. The van der Waals surface area contributed by atoms with Crippen LogP contribution in [0.5, 0.6) is 0 Å². The molecule has 152 valence electrons. The number of hydrogen-bond donors (Lipinski definition) is 3. The summed E-state index contributed by atoms with van der Waals surface area (Å²) in [6, 6.07) is 11.2. The molecule has 5 nitrogen and oxygen atoms in total. The van der Waals surface area contributed by atoms with E-state index in [4.69, 9.17) is 23.2 Å². The van der Waals surface area contributed by atoms with Gasteiger partial charge in [0.05, 0.1) is 0 Å². The molecule has 29 heavy (non-hydrogen) atoms. The largest absolute Gasteiger partial charge is 0.480 e. The van der Waals surface area contributed by atoms with Crippen LogP contribution in [0, 0.1) is 5.92 Å². The van der Waals surface area contributed by atoms with Crippen molar-refractivity contribution < 1.29 is 14.7 Å². The minimum absolute atomic E-state index is 0.198.